The molecule has 8 aromatic rings. The second-order valence-corrected chi connectivity index (χ2v) is 24.5. The maximum absolute atomic E-state index is 5.50. The number of fused-ring (bicyclic) bond motifs is 20. The number of aromatic amines is 4. The van der Waals surface area contributed by atoms with Crippen LogP contribution < -0.4 is 22.0 Å². The van der Waals surface area contributed by atoms with Crippen molar-refractivity contribution < 1.29 is 18.3 Å². The van der Waals surface area contributed by atoms with Crippen LogP contribution in [0.2, 0.25) is 0 Å². The van der Waals surface area contributed by atoms with Crippen LogP contribution >= 0.6 is 47.0 Å². The van der Waals surface area contributed by atoms with Crippen LogP contribution in [0.25, 0.3) is 43.1 Å². The number of rotatable bonds is 8. The molecule has 1 aliphatic heterocycles. The quantitative estimate of drug-likeness (QED) is 0.0702. The Morgan fingerprint density at radius 3 is 0.829 bits per heavy atom. The number of hydrogen-bond donors (Lipinski definition) is 4. The number of hydrogen-bond acceptors (Lipinski definition) is 8. The third-order valence-electron chi connectivity index (χ3n) is 12.8. The van der Waals surface area contributed by atoms with Crippen molar-refractivity contribution in [2.75, 3.05) is 113 Å². The van der Waals surface area contributed by atoms with E-state index in [0.29, 0.717) is 45.2 Å². The zero-order valence-electron chi connectivity index (χ0n) is 46.8. The Balaban J connectivity index is 1.32. The smallest absolute Gasteiger partial charge is 0.307 e. The monoisotopic (exact) mass is 1100 g/mol. The Morgan fingerprint density at radius 2 is 0.566 bits per heavy atom. The van der Waals surface area contributed by atoms with Crippen LogP contribution in [0, 0.1) is 0 Å². The molecule has 0 saturated heterocycles. The molecule has 4 aromatic carbocycles. The van der Waals surface area contributed by atoms with Gasteiger partial charge in [0.25, 0.3) is 0 Å². The topological polar surface area (TPSA) is 138 Å². The van der Waals surface area contributed by atoms with E-state index < -0.39 is 0 Å². The summed E-state index contributed by atoms with van der Waals surface area (Å²) in [7, 11) is 33.4. The fraction of sp³-hybridized carbons (Fsp3) is 0.357. The molecule has 20 heteroatoms. The van der Waals surface area contributed by atoms with Crippen molar-refractivity contribution >= 4 is 134 Å². The fourth-order valence-electron chi connectivity index (χ4n) is 9.70. The lowest BCUT2D eigenvalue weighted by molar-refractivity contribution is -0.466. The van der Waals surface area contributed by atoms with Gasteiger partial charge < -0.3 is 19.9 Å². The minimum absolute atomic E-state index is 0.703. The van der Waals surface area contributed by atoms with Crippen molar-refractivity contribution in [2.45, 2.75) is 23.0 Å². The van der Waals surface area contributed by atoms with Crippen molar-refractivity contribution in [3.63, 3.8) is 0 Å². The second-order valence-electron chi connectivity index (χ2n) is 20.7. The molecule has 0 unspecified atom stereocenters. The van der Waals surface area contributed by atoms with Crippen molar-refractivity contribution in [1.82, 2.24) is 39.5 Å². The first-order valence-corrected chi connectivity index (χ1v) is 29.0. The number of aromatic nitrogens is 4. The maximum Gasteiger partial charge on any atom is 0.307 e. The molecule has 0 spiro atoms. The van der Waals surface area contributed by atoms with E-state index >= 15 is 0 Å². The summed E-state index contributed by atoms with van der Waals surface area (Å²) in [5, 5.41) is 12.5. The number of H-pyrrole nitrogens is 4. The Kier molecular flexibility index (Phi) is 16.2. The highest BCUT2D eigenvalue weighted by molar-refractivity contribution is 8.13. The van der Waals surface area contributed by atoms with E-state index in [0.717, 1.165) is 66.1 Å². The van der Waals surface area contributed by atoms with Crippen LogP contribution in [0.4, 0.5) is 23.3 Å². The lowest BCUT2D eigenvalue weighted by Crippen LogP contribution is -2.26. The first-order valence-electron chi connectivity index (χ1n) is 25.1. The van der Waals surface area contributed by atoms with Crippen LogP contribution in [0.15, 0.2) is 92.8 Å². The van der Waals surface area contributed by atoms with Gasteiger partial charge in [0.1, 0.15) is 45.2 Å². The van der Waals surface area contributed by atoms with E-state index in [1.165, 1.54) is 42.9 Å². The minimum Gasteiger partial charge on any atom is -0.324 e. The van der Waals surface area contributed by atoms with Gasteiger partial charge in [-0.1, -0.05) is 48.5 Å². The number of nitrogens with zero attached hydrogens (tertiary/aromatic N) is 12. The number of nitrogens with one attached hydrogen (secondary N) is 4. The molecule has 0 radical (unpaired) electrons. The third-order valence-corrected chi connectivity index (χ3v) is 18.6. The predicted molar refractivity (Wildman–Crippen MR) is 325 cm³/mol. The van der Waals surface area contributed by atoms with Crippen LogP contribution in [0.3, 0.4) is 0 Å². The molecule has 4 N–H and O–H groups in total. The van der Waals surface area contributed by atoms with Crippen molar-refractivity contribution in [2.24, 2.45) is 20.0 Å². The summed E-state index contributed by atoms with van der Waals surface area (Å²) in [6.07, 6.45) is 0. The summed E-state index contributed by atoms with van der Waals surface area (Å²) in [6, 6.07) is 26.6. The molecule has 0 atom stereocenters. The Bertz CT molecular complexity index is 3690. The van der Waals surface area contributed by atoms with Gasteiger partial charge in [-0.15, -0.1) is 0 Å². The van der Waals surface area contributed by atoms with Gasteiger partial charge >= 0.3 is 20.7 Å². The maximum atomic E-state index is 5.50. The summed E-state index contributed by atoms with van der Waals surface area (Å²) in [5.41, 5.74) is 7.53. The molecule has 0 fully saturated rings. The average Bonchev–Trinajstić information content (AvgIpc) is 4.09. The first kappa shape index (κ1) is 54.3. The van der Waals surface area contributed by atoms with E-state index in [1.54, 1.807) is 47.0 Å². The third kappa shape index (κ3) is 11.5. The van der Waals surface area contributed by atoms with Gasteiger partial charge in [0, 0.05) is 66.1 Å². The summed E-state index contributed by atoms with van der Waals surface area (Å²) < 4.78 is 8.64. The van der Waals surface area contributed by atoms with Gasteiger partial charge in [-0.3, -0.25) is 37.9 Å². The number of thioether (sulfide) groups is 4. The van der Waals surface area contributed by atoms with Crippen LogP contribution in [-0.4, -0.2) is 191 Å². The zero-order chi connectivity index (χ0) is 54.3. The van der Waals surface area contributed by atoms with Crippen LogP contribution in [-0.2, 0) is 23.0 Å². The van der Waals surface area contributed by atoms with Crippen molar-refractivity contribution in [3.05, 3.63) is 117 Å². The molecule has 9 rings (SSSR count). The highest BCUT2D eigenvalue weighted by atomic mass is 32.2. The van der Waals surface area contributed by atoms with E-state index in [4.69, 9.17) is 20.0 Å². The first-order chi connectivity index (χ1) is 36.2. The number of amidine groups is 4. The van der Waals surface area contributed by atoms with Gasteiger partial charge in [-0.2, -0.15) is 0 Å². The lowest BCUT2D eigenvalue weighted by Gasteiger charge is -2.10. The lowest BCUT2D eigenvalue weighted by atomic mass is 10.1. The molecule has 0 aliphatic carbocycles. The zero-order valence-corrected chi connectivity index (χ0v) is 50.0. The highest BCUT2D eigenvalue weighted by Crippen LogP contribution is 2.37. The fourth-order valence-corrected chi connectivity index (χ4v) is 13.7. The molecular formula is C56H72N16S4+4. The van der Waals surface area contributed by atoms with Crippen molar-refractivity contribution in [3.8, 4) is 0 Å². The minimum atomic E-state index is 0.703. The van der Waals surface area contributed by atoms with Gasteiger partial charge in [0.15, 0.2) is 0 Å². The average molecular weight is 1100 g/mol. The van der Waals surface area contributed by atoms with E-state index in [2.05, 4.69) is 243 Å². The summed E-state index contributed by atoms with van der Waals surface area (Å²) in [6.45, 7) is 0. The van der Waals surface area contributed by atoms with E-state index in [9.17, 15) is 0 Å². The van der Waals surface area contributed by atoms with Gasteiger partial charge in [-0.25, -0.2) is 20.0 Å². The summed E-state index contributed by atoms with van der Waals surface area (Å²) in [4.78, 5) is 45.6. The summed E-state index contributed by atoms with van der Waals surface area (Å²) >= 11 is 7.23. The molecular weight excluding hydrogens is 1020 g/mol. The van der Waals surface area contributed by atoms with E-state index in [-0.39, 0.29) is 0 Å². The number of benzene rings is 4. The van der Waals surface area contributed by atoms with Crippen molar-refractivity contribution in [1.29, 1.82) is 0 Å². The molecule has 8 bridgehead atoms. The van der Waals surface area contributed by atoms with Gasteiger partial charge in [0.2, 0.25) is 0 Å². The molecule has 396 valence electrons. The van der Waals surface area contributed by atoms with Gasteiger partial charge in [-0.05, 0) is 93.6 Å². The standard InChI is InChI=1S/C56H72N16S4/c1-65(2)53(66(3)4)73-29-33-17-21-37-41(25-33)49-57-45(37)62-50-43-27-35(31-75-55(69(9)10)70(11)12)19-23-39(43)47(59-50)64-52-44-28-36(32-76-56(71(13)14)72(15)16)20-24-40(44)48(60-52)63-51-42-26-34(18-22-38(42)46(58-51)61-49)30-74-54(67(5)6)68(7)8/h17-28H,29-32H2,1-16H3,(H4,57,58,59,60,61,62,63,64)/q+4. The molecule has 0 amide bonds. The normalized spacial score (nSPS) is 12.0. The molecule has 4 aromatic heterocycles. The predicted octanol–water partition coefficient (Wildman–Crippen LogP) is 7.42. The second kappa shape index (κ2) is 22.6. The molecule has 0 saturated carbocycles. The van der Waals surface area contributed by atoms with Crippen LogP contribution in [0.1, 0.15) is 22.3 Å². The molecule has 16 nitrogen and oxygen atoms in total. The highest BCUT2D eigenvalue weighted by Gasteiger charge is 2.21. The SMILES string of the molecule is CN(C)C(SCc1ccc2c3[nH]c(c2c1)N=c1[nH]c(c2cc(CSC(N(C)C)=[N+](C)C)ccc12)=Nc1[nH]c(c2cc(CSC(N(C)C)=[N+](C)C)ccc12)N=c1[nH]c(c2cc(CSC(N(C)C)=[N+](C)C)ccc12)=N3)=[N+](C)C. The van der Waals surface area contributed by atoms with Crippen LogP contribution in [0.5, 0.6) is 0 Å². The molecule has 1 aliphatic rings. The Hall–Kier alpha value is -6.48. The molecule has 5 heterocycles. The Morgan fingerprint density at radius 1 is 0.329 bits per heavy atom. The largest absolute Gasteiger partial charge is 0.324 e. The summed E-state index contributed by atoms with van der Waals surface area (Å²) in [5.74, 6) is 5.93. The van der Waals surface area contributed by atoms with E-state index in [1.807, 2.05) is 0 Å². The Labute approximate surface area is 461 Å². The molecule has 76 heavy (non-hydrogen) atoms. The van der Waals surface area contributed by atoms with Gasteiger partial charge in [0.05, 0.1) is 113 Å².